The Morgan fingerprint density at radius 3 is 2.67 bits per heavy atom. The third-order valence-electron chi connectivity index (χ3n) is 3.49. The fraction of sp³-hybridized carbons (Fsp3) is 0.692. The quantitative estimate of drug-likeness (QED) is 0.769. The zero-order valence-corrected chi connectivity index (χ0v) is 11.8. The first-order chi connectivity index (χ1) is 10.1. The van der Waals surface area contributed by atoms with Crippen LogP contribution in [0.2, 0.25) is 0 Å². The van der Waals surface area contributed by atoms with Gasteiger partial charge in [-0.1, -0.05) is 5.21 Å². The van der Waals surface area contributed by atoms with Crippen molar-refractivity contribution in [1.82, 2.24) is 19.9 Å². The van der Waals surface area contributed by atoms with Gasteiger partial charge in [0.1, 0.15) is 0 Å². The van der Waals surface area contributed by atoms with Crippen molar-refractivity contribution < 1.29 is 19.4 Å². The highest BCUT2D eigenvalue weighted by atomic mass is 16.5. The van der Waals surface area contributed by atoms with Crippen molar-refractivity contribution in [2.45, 2.75) is 38.3 Å². The number of carboxylic acid groups (broad SMARTS) is 1. The molecule has 2 rings (SSSR count). The number of aryl methyl sites for hydroxylation is 1. The maximum absolute atomic E-state index is 12.0. The molecular formula is C13H20N4O4. The molecule has 0 atom stereocenters. The number of carboxylic acids is 1. The number of amides is 1. The lowest BCUT2D eigenvalue weighted by molar-refractivity contribution is -0.139. The number of hydrogen-bond donors (Lipinski definition) is 1. The van der Waals surface area contributed by atoms with E-state index in [1.807, 2.05) is 4.90 Å². The van der Waals surface area contributed by atoms with Gasteiger partial charge in [-0.25, -0.2) is 0 Å². The second-order valence-electron chi connectivity index (χ2n) is 5.01. The highest BCUT2D eigenvalue weighted by molar-refractivity contribution is 5.76. The van der Waals surface area contributed by atoms with E-state index in [0.29, 0.717) is 26.1 Å². The maximum Gasteiger partial charge on any atom is 0.305 e. The third kappa shape index (κ3) is 5.14. The monoisotopic (exact) mass is 296 g/mol. The number of piperidine rings is 1. The first-order valence-electron chi connectivity index (χ1n) is 7.10. The van der Waals surface area contributed by atoms with Crippen LogP contribution in [0.15, 0.2) is 12.4 Å². The summed E-state index contributed by atoms with van der Waals surface area (Å²) < 4.78 is 7.14. The lowest BCUT2D eigenvalue weighted by Crippen LogP contribution is -2.41. The molecule has 1 aromatic rings. The van der Waals surface area contributed by atoms with Gasteiger partial charge in [0.15, 0.2) is 0 Å². The molecule has 8 heteroatoms. The van der Waals surface area contributed by atoms with Gasteiger partial charge in [0.25, 0.3) is 0 Å². The van der Waals surface area contributed by atoms with Crippen LogP contribution < -0.4 is 0 Å². The Balaban J connectivity index is 1.63. The minimum atomic E-state index is -0.851. The van der Waals surface area contributed by atoms with E-state index in [0.717, 1.165) is 12.8 Å². The molecule has 0 unspecified atom stereocenters. The number of carbonyl (C=O) groups is 2. The van der Waals surface area contributed by atoms with Gasteiger partial charge in [0.05, 0.1) is 31.9 Å². The maximum atomic E-state index is 12.0. The molecule has 2 heterocycles. The van der Waals surface area contributed by atoms with Crippen LogP contribution in [0.25, 0.3) is 0 Å². The van der Waals surface area contributed by atoms with Crippen molar-refractivity contribution in [2.24, 2.45) is 0 Å². The van der Waals surface area contributed by atoms with E-state index in [1.165, 1.54) is 0 Å². The van der Waals surface area contributed by atoms with Gasteiger partial charge in [-0.05, 0) is 12.8 Å². The highest BCUT2D eigenvalue weighted by Gasteiger charge is 2.23. The molecule has 0 bridgehead atoms. The number of aromatic nitrogens is 3. The predicted molar refractivity (Wildman–Crippen MR) is 72.4 cm³/mol. The summed E-state index contributed by atoms with van der Waals surface area (Å²) in [5.74, 6) is -0.745. The van der Waals surface area contributed by atoms with Gasteiger partial charge in [-0.2, -0.15) is 0 Å². The Hall–Kier alpha value is -1.96. The molecule has 1 N–H and O–H groups in total. The number of aliphatic carboxylic acids is 1. The van der Waals surface area contributed by atoms with Crippen molar-refractivity contribution in [3.8, 4) is 0 Å². The van der Waals surface area contributed by atoms with Crippen LogP contribution in [0.3, 0.4) is 0 Å². The van der Waals surface area contributed by atoms with Crippen LogP contribution in [0.5, 0.6) is 0 Å². The Morgan fingerprint density at radius 1 is 1.29 bits per heavy atom. The molecule has 1 aliphatic heterocycles. The Kier molecular flexibility index (Phi) is 5.68. The summed E-state index contributed by atoms with van der Waals surface area (Å²) in [5.41, 5.74) is 0. The number of likely N-dealkylation sites (tertiary alicyclic amines) is 1. The van der Waals surface area contributed by atoms with Crippen LogP contribution >= 0.6 is 0 Å². The SMILES string of the molecule is O=C(O)CCOC1CCN(C(=O)CCn2ccnn2)CC1. The van der Waals surface area contributed by atoms with Crippen LogP contribution in [0.4, 0.5) is 0 Å². The first-order valence-corrected chi connectivity index (χ1v) is 7.10. The average Bonchev–Trinajstić information content (AvgIpc) is 2.98. The fourth-order valence-electron chi connectivity index (χ4n) is 2.31. The largest absolute Gasteiger partial charge is 0.481 e. The first kappa shape index (κ1) is 15.4. The molecule has 1 aromatic heterocycles. The normalized spacial score (nSPS) is 16.1. The molecule has 0 saturated carbocycles. The van der Waals surface area contributed by atoms with Gasteiger partial charge in [0, 0.05) is 25.7 Å². The number of rotatable bonds is 7. The average molecular weight is 296 g/mol. The van der Waals surface area contributed by atoms with E-state index < -0.39 is 5.97 Å². The third-order valence-corrected chi connectivity index (χ3v) is 3.49. The predicted octanol–water partition coefficient (Wildman–Crippen LogP) is 0.150. The van der Waals surface area contributed by atoms with Crippen LogP contribution in [-0.4, -0.2) is 62.7 Å². The fourth-order valence-corrected chi connectivity index (χ4v) is 2.31. The second kappa shape index (κ2) is 7.72. The zero-order chi connectivity index (χ0) is 15.1. The van der Waals surface area contributed by atoms with E-state index in [4.69, 9.17) is 9.84 Å². The molecular weight excluding hydrogens is 276 g/mol. The molecule has 1 saturated heterocycles. The van der Waals surface area contributed by atoms with E-state index in [2.05, 4.69) is 10.3 Å². The molecule has 21 heavy (non-hydrogen) atoms. The Morgan fingerprint density at radius 2 is 2.05 bits per heavy atom. The van der Waals surface area contributed by atoms with Gasteiger partial charge in [-0.15, -0.1) is 5.10 Å². The summed E-state index contributed by atoms with van der Waals surface area (Å²) in [7, 11) is 0. The van der Waals surface area contributed by atoms with Crippen LogP contribution in [0, 0.1) is 0 Å². The Labute approximate surface area is 122 Å². The topological polar surface area (TPSA) is 97.6 Å². The summed E-state index contributed by atoms with van der Waals surface area (Å²) in [5, 5.41) is 16.1. The van der Waals surface area contributed by atoms with E-state index in [9.17, 15) is 9.59 Å². The minimum Gasteiger partial charge on any atom is -0.481 e. The van der Waals surface area contributed by atoms with Crippen LogP contribution in [0.1, 0.15) is 25.7 Å². The van der Waals surface area contributed by atoms with Crippen LogP contribution in [-0.2, 0) is 20.9 Å². The van der Waals surface area contributed by atoms with Crippen molar-refractivity contribution in [3.63, 3.8) is 0 Å². The van der Waals surface area contributed by atoms with E-state index in [1.54, 1.807) is 17.1 Å². The summed E-state index contributed by atoms with van der Waals surface area (Å²) in [6, 6.07) is 0. The number of ether oxygens (including phenoxy) is 1. The summed E-state index contributed by atoms with van der Waals surface area (Å²) in [6.45, 7) is 2.09. The summed E-state index contributed by atoms with van der Waals surface area (Å²) in [4.78, 5) is 24.3. The molecule has 0 spiro atoms. The van der Waals surface area contributed by atoms with Gasteiger partial charge in [0.2, 0.25) is 5.91 Å². The summed E-state index contributed by atoms with van der Waals surface area (Å²) in [6.07, 6.45) is 5.33. The molecule has 1 aliphatic rings. The number of hydrogen-bond acceptors (Lipinski definition) is 5. The smallest absolute Gasteiger partial charge is 0.305 e. The van der Waals surface area contributed by atoms with Crippen molar-refractivity contribution in [1.29, 1.82) is 0 Å². The van der Waals surface area contributed by atoms with Crippen molar-refractivity contribution in [3.05, 3.63) is 12.4 Å². The van der Waals surface area contributed by atoms with Crippen molar-refractivity contribution >= 4 is 11.9 Å². The van der Waals surface area contributed by atoms with E-state index in [-0.39, 0.29) is 25.0 Å². The number of nitrogens with zero attached hydrogens (tertiary/aromatic N) is 4. The van der Waals surface area contributed by atoms with Gasteiger partial charge in [-0.3, -0.25) is 14.3 Å². The molecule has 116 valence electrons. The van der Waals surface area contributed by atoms with Crippen molar-refractivity contribution in [2.75, 3.05) is 19.7 Å². The van der Waals surface area contributed by atoms with Gasteiger partial charge >= 0.3 is 5.97 Å². The Bertz CT molecular complexity index is 455. The lowest BCUT2D eigenvalue weighted by Gasteiger charge is -2.32. The standard InChI is InChI=1S/C13H20N4O4/c18-12(3-8-17-9-5-14-15-17)16-6-1-11(2-7-16)21-10-4-13(19)20/h5,9,11H,1-4,6-8,10H2,(H,19,20). The highest BCUT2D eigenvalue weighted by Crippen LogP contribution is 2.15. The molecule has 0 radical (unpaired) electrons. The number of carbonyl (C=O) groups excluding carboxylic acids is 1. The minimum absolute atomic E-state index is 0.0249. The molecule has 1 amide bonds. The molecule has 8 nitrogen and oxygen atoms in total. The molecule has 0 aromatic carbocycles. The molecule has 0 aliphatic carbocycles. The van der Waals surface area contributed by atoms with E-state index >= 15 is 0 Å². The second-order valence-corrected chi connectivity index (χ2v) is 5.01. The lowest BCUT2D eigenvalue weighted by atomic mass is 10.1. The summed E-state index contributed by atoms with van der Waals surface area (Å²) >= 11 is 0. The molecule has 1 fully saturated rings. The van der Waals surface area contributed by atoms with Gasteiger partial charge < -0.3 is 14.7 Å². The zero-order valence-electron chi connectivity index (χ0n) is 11.8.